The standard InChI is InChI=1S/C8H12BrNO3S2/c1-6-7(5-8(9)14-6)15(11,12)10-3-4-13-2/h5,10H,3-4H2,1-2H3. The van der Waals surface area contributed by atoms with E-state index in [-0.39, 0.29) is 6.54 Å². The number of hydrogen-bond acceptors (Lipinski definition) is 4. The molecule has 0 fully saturated rings. The molecule has 1 aromatic heterocycles. The van der Waals surface area contributed by atoms with E-state index >= 15 is 0 Å². The second-order valence-corrected chi connectivity index (χ2v) is 7.23. The van der Waals surface area contributed by atoms with Crippen molar-refractivity contribution in [3.8, 4) is 0 Å². The predicted octanol–water partition coefficient (Wildman–Crippen LogP) is 1.74. The van der Waals surface area contributed by atoms with Crippen LogP contribution in [0.1, 0.15) is 4.88 Å². The molecule has 1 heterocycles. The summed E-state index contributed by atoms with van der Waals surface area (Å²) < 4.78 is 31.6. The van der Waals surface area contributed by atoms with E-state index in [1.165, 1.54) is 18.4 Å². The van der Waals surface area contributed by atoms with Crippen molar-refractivity contribution < 1.29 is 13.2 Å². The molecule has 1 N–H and O–H groups in total. The van der Waals surface area contributed by atoms with Crippen LogP contribution in [0.4, 0.5) is 0 Å². The van der Waals surface area contributed by atoms with Gasteiger partial charge in [-0.25, -0.2) is 13.1 Å². The van der Waals surface area contributed by atoms with Crippen LogP contribution in [0.2, 0.25) is 0 Å². The van der Waals surface area contributed by atoms with Crippen LogP contribution < -0.4 is 4.72 Å². The first kappa shape index (κ1) is 13.1. The molecule has 0 aliphatic heterocycles. The summed E-state index contributed by atoms with van der Waals surface area (Å²) in [7, 11) is -1.86. The highest BCUT2D eigenvalue weighted by atomic mass is 79.9. The third-order valence-electron chi connectivity index (χ3n) is 1.73. The number of ether oxygens (including phenoxy) is 1. The summed E-state index contributed by atoms with van der Waals surface area (Å²) in [4.78, 5) is 1.10. The monoisotopic (exact) mass is 313 g/mol. The van der Waals surface area contributed by atoms with Crippen molar-refractivity contribution in [3.05, 3.63) is 14.7 Å². The molecule has 1 rings (SSSR count). The molecule has 0 aliphatic rings. The van der Waals surface area contributed by atoms with Gasteiger partial charge in [-0.05, 0) is 28.9 Å². The molecule has 0 aliphatic carbocycles. The van der Waals surface area contributed by atoms with E-state index in [0.29, 0.717) is 11.5 Å². The largest absolute Gasteiger partial charge is 0.383 e. The second kappa shape index (κ2) is 5.40. The van der Waals surface area contributed by atoms with Crippen molar-refractivity contribution in [2.45, 2.75) is 11.8 Å². The van der Waals surface area contributed by atoms with E-state index in [1.807, 2.05) is 0 Å². The van der Waals surface area contributed by atoms with Gasteiger partial charge in [-0.15, -0.1) is 11.3 Å². The minimum Gasteiger partial charge on any atom is -0.383 e. The van der Waals surface area contributed by atoms with Crippen molar-refractivity contribution in [1.82, 2.24) is 4.72 Å². The second-order valence-electron chi connectivity index (χ2n) is 2.86. The number of methoxy groups -OCH3 is 1. The van der Waals surface area contributed by atoms with E-state index in [0.717, 1.165) is 8.66 Å². The van der Waals surface area contributed by atoms with E-state index in [9.17, 15) is 8.42 Å². The fourth-order valence-electron chi connectivity index (χ4n) is 1.05. The summed E-state index contributed by atoms with van der Waals surface area (Å²) in [5.74, 6) is 0. The third kappa shape index (κ3) is 3.53. The Hall–Kier alpha value is 0.0500. The lowest BCUT2D eigenvalue weighted by Gasteiger charge is -2.04. The quantitative estimate of drug-likeness (QED) is 0.842. The smallest absolute Gasteiger partial charge is 0.241 e. The van der Waals surface area contributed by atoms with Crippen LogP contribution in [-0.2, 0) is 14.8 Å². The average Bonchev–Trinajstić information content (AvgIpc) is 2.46. The van der Waals surface area contributed by atoms with Crippen LogP contribution in [0.25, 0.3) is 0 Å². The maximum Gasteiger partial charge on any atom is 0.241 e. The molecule has 0 amide bonds. The van der Waals surface area contributed by atoms with Crippen LogP contribution in [0, 0.1) is 6.92 Å². The van der Waals surface area contributed by atoms with Crippen LogP contribution in [0.5, 0.6) is 0 Å². The molecular weight excluding hydrogens is 302 g/mol. The van der Waals surface area contributed by atoms with Gasteiger partial charge < -0.3 is 4.74 Å². The number of rotatable bonds is 5. The van der Waals surface area contributed by atoms with Crippen molar-refractivity contribution in [2.24, 2.45) is 0 Å². The molecule has 7 heteroatoms. The Kier molecular flexibility index (Phi) is 4.72. The van der Waals surface area contributed by atoms with Gasteiger partial charge in [0.2, 0.25) is 10.0 Å². The summed E-state index contributed by atoms with van der Waals surface area (Å²) >= 11 is 4.66. The Morgan fingerprint density at radius 2 is 2.27 bits per heavy atom. The highest BCUT2D eigenvalue weighted by molar-refractivity contribution is 9.11. The zero-order valence-electron chi connectivity index (χ0n) is 8.41. The Morgan fingerprint density at radius 1 is 1.60 bits per heavy atom. The Labute approximate surface area is 102 Å². The van der Waals surface area contributed by atoms with E-state index in [1.54, 1.807) is 13.0 Å². The molecule has 15 heavy (non-hydrogen) atoms. The van der Waals surface area contributed by atoms with Gasteiger partial charge in [0.15, 0.2) is 0 Å². The zero-order chi connectivity index (χ0) is 11.5. The van der Waals surface area contributed by atoms with Crippen LogP contribution in [0.3, 0.4) is 0 Å². The molecule has 0 bridgehead atoms. The average molecular weight is 314 g/mol. The number of aryl methyl sites for hydroxylation is 1. The number of halogens is 1. The minimum atomic E-state index is -3.39. The highest BCUT2D eigenvalue weighted by Gasteiger charge is 2.18. The van der Waals surface area contributed by atoms with Gasteiger partial charge in [-0.3, -0.25) is 0 Å². The maximum absolute atomic E-state index is 11.8. The molecule has 0 saturated heterocycles. The number of thiophene rings is 1. The fraction of sp³-hybridized carbons (Fsp3) is 0.500. The van der Waals surface area contributed by atoms with Crippen LogP contribution in [-0.4, -0.2) is 28.7 Å². The highest BCUT2D eigenvalue weighted by Crippen LogP contribution is 2.29. The number of sulfonamides is 1. The van der Waals surface area contributed by atoms with Gasteiger partial charge in [0, 0.05) is 18.5 Å². The molecule has 0 saturated carbocycles. The maximum atomic E-state index is 11.8. The molecular formula is C8H12BrNO3S2. The molecule has 0 spiro atoms. The summed E-state index contributed by atoms with van der Waals surface area (Å²) in [6.45, 7) is 2.43. The molecule has 86 valence electrons. The number of hydrogen-bond donors (Lipinski definition) is 1. The lowest BCUT2D eigenvalue weighted by Crippen LogP contribution is -2.27. The SMILES string of the molecule is COCCNS(=O)(=O)c1cc(Br)sc1C. The first-order valence-electron chi connectivity index (χ1n) is 4.22. The molecule has 0 aromatic carbocycles. The lowest BCUT2D eigenvalue weighted by molar-refractivity contribution is 0.204. The fourth-order valence-corrected chi connectivity index (χ4v) is 4.48. The summed E-state index contributed by atoms with van der Waals surface area (Å²) in [6.07, 6.45) is 0. The molecule has 1 aromatic rings. The molecule has 4 nitrogen and oxygen atoms in total. The normalized spacial score (nSPS) is 11.9. The first-order valence-corrected chi connectivity index (χ1v) is 7.31. The zero-order valence-corrected chi connectivity index (χ0v) is 11.6. The van der Waals surface area contributed by atoms with Crippen molar-refractivity contribution in [3.63, 3.8) is 0 Å². The first-order chi connectivity index (χ1) is 6.97. The lowest BCUT2D eigenvalue weighted by atomic mass is 10.5. The van der Waals surface area contributed by atoms with Crippen LogP contribution in [0.15, 0.2) is 14.7 Å². The van der Waals surface area contributed by atoms with E-state index in [4.69, 9.17) is 4.74 Å². The Bertz CT molecular complexity index is 427. The predicted molar refractivity (Wildman–Crippen MR) is 63.8 cm³/mol. The van der Waals surface area contributed by atoms with Crippen molar-refractivity contribution >= 4 is 37.3 Å². The number of nitrogens with one attached hydrogen (secondary N) is 1. The van der Waals surface area contributed by atoms with Gasteiger partial charge >= 0.3 is 0 Å². The molecule has 0 atom stereocenters. The van der Waals surface area contributed by atoms with E-state index < -0.39 is 10.0 Å². The minimum absolute atomic E-state index is 0.283. The van der Waals surface area contributed by atoms with Crippen LogP contribution >= 0.6 is 27.3 Å². The van der Waals surface area contributed by atoms with Gasteiger partial charge in [-0.1, -0.05) is 0 Å². The Morgan fingerprint density at radius 3 is 2.73 bits per heavy atom. The Balaban J connectivity index is 2.82. The molecule has 0 radical (unpaired) electrons. The summed E-state index contributed by atoms with van der Waals surface area (Å²) in [5.41, 5.74) is 0. The topological polar surface area (TPSA) is 55.4 Å². The van der Waals surface area contributed by atoms with Gasteiger partial charge in [-0.2, -0.15) is 0 Å². The summed E-state index contributed by atoms with van der Waals surface area (Å²) in [5, 5.41) is 0. The van der Waals surface area contributed by atoms with Gasteiger partial charge in [0.25, 0.3) is 0 Å². The third-order valence-corrected chi connectivity index (χ3v) is 5.00. The molecule has 0 unspecified atom stereocenters. The van der Waals surface area contributed by atoms with Crippen molar-refractivity contribution in [2.75, 3.05) is 20.3 Å². The van der Waals surface area contributed by atoms with E-state index in [2.05, 4.69) is 20.7 Å². The van der Waals surface area contributed by atoms with Gasteiger partial charge in [0.05, 0.1) is 15.3 Å². The van der Waals surface area contributed by atoms with Crippen molar-refractivity contribution in [1.29, 1.82) is 0 Å². The summed E-state index contributed by atoms with van der Waals surface area (Å²) in [6, 6.07) is 1.61. The van der Waals surface area contributed by atoms with Gasteiger partial charge in [0.1, 0.15) is 0 Å².